The van der Waals surface area contributed by atoms with Gasteiger partial charge in [-0.2, -0.15) is 0 Å². The molecule has 1 aromatic heterocycles. The van der Waals surface area contributed by atoms with E-state index in [1.807, 2.05) is 13.8 Å². The van der Waals surface area contributed by atoms with Gasteiger partial charge in [0, 0.05) is 29.9 Å². The highest BCUT2D eigenvalue weighted by Gasteiger charge is 2.28. The molecule has 0 atom stereocenters. The first-order valence-corrected chi connectivity index (χ1v) is 9.36. The first kappa shape index (κ1) is 22.2. The Morgan fingerprint density at radius 3 is 2.34 bits per heavy atom. The molecule has 1 heterocycles. The van der Waals surface area contributed by atoms with E-state index in [0.29, 0.717) is 33.8 Å². The number of ether oxygens (including phenoxy) is 2. The summed E-state index contributed by atoms with van der Waals surface area (Å²) in [4.78, 5) is 39.8. The standard InChI is InChI=1S/C22H28N2O5/c1-13(2)24(21(26)16-9-8-10-17(11-16)28-6)12-18(25)19-14(3)20(22(27)29-7)23(5)15(19)4/h8-11,13H,12H2,1-7H3. The Bertz CT molecular complexity index is 943. The van der Waals surface area contributed by atoms with Crippen molar-refractivity contribution in [2.75, 3.05) is 20.8 Å². The van der Waals surface area contributed by atoms with E-state index in [1.54, 1.807) is 49.7 Å². The molecule has 0 bridgehead atoms. The molecule has 156 valence electrons. The average Bonchev–Trinajstić information content (AvgIpc) is 2.93. The van der Waals surface area contributed by atoms with Crippen LogP contribution in [-0.4, -0.2) is 53.9 Å². The molecule has 0 aliphatic rings. The number of carbonyl (C=O) groups is 3. The molecule has 2 aromatic rings. The number of benzene rings is 1. The molecular formula is C22H28N2O5. The second kappa shape index (κ2) is 8.94. The largest absolute Gasteiger partial charge is 0.497 e. The summed E-state index contributed by atoms with van der Waals surface area (Å²) in [6, 6.07) is 6.64. The molecule has 1 amide bonds. The molecule has 2 rings (SSSR count). The van der Waals surface area contributed by atoms with Crippen LogP contribution in [0.5, 0.6) is 5.75 Å². The van der Waals surface area contributed by atoms with Gasteiger partial charge < -0.3 is 18.9 Å². The lowest BCUT2D eigenvalue weighted by molar-refractivity contribution is 0.0588. The minimum absolute atomic E-state index is 0.0972. The van der Waals surface area contributed by atoms with E-state index in [4.69, 9.17) is 9.47 Å². The molecule has 7 nitrogen and oxygen atoms in total. The van der Waals surface area contributed by atoms with Crippen LogP contribution < -0.4 is 4.74 Å². The van der Waals surface area contributed by atoms with Crippen molar-refractivity contribution in [3.63, 3.8) is 0 Å². The number of aromatic nitrogens is 1. The van der Waals surface area contributed by atoms with Crippen molar-refractivity contribution in [1.82, 2.24) is 9.47 Å². The molecule has 0 N–H and O–H groups in total. The molecule has 0 fully saturated rings. The molecule has 1 aromatic carbocycles. The van der Waals surface area contributed by atoms with Crippen LogP contribution in [0.1, 0.15) is 56.3 Å². The molecule has 0 saturated heterocycles. The van der Waals surface area contributed by atoms with E-state index in [1.165, 1.54) is 19.1 Å². The third-order valence-electron chi connectivity index (χ3n) is 5.10. The van der Waals surface area contributed by atoms with E-state index in [2.05, 4.69) is 0 Å². The fourth-order valence-corrected chi connectivity index (χ4v) is 3.42. The zero-order valence-electron chi connectivity index (χ0n) is 18.0. The number of Topliss-reactive ketones (excluding diaryl/α,β-unsaturated/α-hetero) is 1. The number of hydrogen-bond donors (Lipinski definition) is 0. The van der Waals surface area contributed by atoms with Crippen LogP contribution in [0.25, 0.3) is 0 Å². The number of amides is 1. The number of esters is 1. The molecule has 0 aliphatic heterocycles. The maximum Gasteiger partial charge on any atom is 0.354 e. The number of ketones is 1. The van der Waals surface area contributed by atoms with Gasteiger partial charge in [-0.15, -0.1) is 0 Å². The Kier molecular flexibility index (Phi) is 6.84. The number of nitrogens with zero attached hydrogens (tertiary/aromatic N) is 2. The van der Waals surface area contributed by atoms with Crippen LogP contribution in [-0.2, 0) is 11.8 Å². The van der Waals surface area contributed by atoms with E-state index < -0.39 is 5.97 Å². The van der Waals surface area contributed by atoms with Crippen LogP contribution in [0.3, 0.4) is 0 Å². The zero-order valence-corrected chi connectivity index (χ0v) is 18.0. The number of carbonyl (C=O) groups excluding carboxylic acids is 3. The topological polar surface area (TPSA) is 77.8 Å². The summed E-state index contributed by atoms with van der Waals surface area (Å²) in [5, 5.41) is 0. The molecule has 0 spiro atoms. The third-order valence-corrected chi connectivity index (χ3v) is 5.10. The fraction of sp³-hybridized carbons (Fsp3) is 0.409. The smallest absolute Gasteiger partial charge is 0.354 e. The van der Waals surface area contributed by atoms with Gasteiger partial charge in [0.15, 0.2) is 5.78 Å². The Morgan fingerprint density at radius 2 is 1.79 bits per heavy atom. The summed E-state index contributed by atoms with van der Waals surface area (Å²) in [6.07, 6.45) is 0. The summed E-state index contributed by atoms with van der Waals surface area (Å²) in [7, 11) is 4.55. The Morgan fingerprint density at radius 1 is 1.14 bits per heavy atom. The molecule has 0 radical (unpaired) electrons. The van der Waals surface area contributed by atoms with E-state index in [-0.39, 0.29) is 24.3 Å². The number of hydrogen-bond acceptors (Lipinski definition) is 5. The molecular weight excluding hydrogens is 372 g/mol. The van der Waals surface area contributed by atoms with Crippen molar-refractivity contribution in [3.05, 3.63) is 52.3 Å². The lowest BCUT2D eigenvalue weighted by Crippen LogP contribution is -2.41. The van der Waals surface area contributed by atoms with Crippen LogP contribution in [0.4, 0.5) is 0 Å². The normalized spacial score (nSPS) is 10.8. The van der Waals surface area contributed by atoms with Crippen LogP contribution in [0.15, 0.2) is 24.3 Å². The summed E-state index contributed by atoms with van der Waals surface area (Å²) in [6.45, 7) is 7.11. The Balaban J connectivity index is 2.38. The maximum atomic E-state index is 13.2. The third kappa shape index (κ3) is 4.34. The zero-order chi connectivity index (χ0) is 21.9. The van der Waals surface area contributed by atoms with Gasteiger partial charge in [-0.25, -0.2) is 4.79 Å². The Labute approximate surface area is 171 Å². The first-order chi connectivity index (χ1) is 13.6. The minimum atomic E-state index is -0.500. The van der Waals surface area contributed by atoms with Crippen molar-refractivity contribution >= 4 is 17.7 Å². The fourth-order valence-electron chi connectivity index (χ4n) is 3.42. The lowest BCUT2D eigenvalue weighted by Gasteiger charge is -2.26. The predicted molar refractivity (Wildman–Crippen MR) is 110 cm³/mol. The van der Waals surface area contributed by atoms with Crippen molar-refractivity contribution in [3.8, 4) is 5.75 Å². The van der Waals surface area contributed by atoms with Gasteiger partial charge in [-0.05, 0) is 51.5 Å². The second-order valence-electron chi connectivity index (χ2n) is 7.17. The number of methoxy groups -OCH3 is 2. The average molecular weight is 400 g/mol. The number of rotatable bonds is 7. The van der Waals surface area contributed by atoms with E-state index in [0.717, 1.165) is 0 Å². The van der Waals surface area contributed by atoms with Crippen LogP contribution in [0.2, 0.25) is 0 Å². The summed E-state index contributed by atoms with van der Waals surface area (Å²) in [5.74, 6) is -0.411. The lowest BCUT2D eigenvalue weighted by atomic mass is 10.0. The maximum absolute atomic E-state index is 13.2. The molecule has 0 unspecified atom stereocenters. The van der Waals surface area contributed by atoms with Gasteiger partial charge in [0.05, 0.1) is 20.8 Å². The highest BCUT2D eigenvalue weighted by Crippen LogP contribution is 2.24. The van der Waals surface area contributed by atoms with Gasteiger partial charge in [0.25, 0.3) is 5.91 Å². The van der Waals surface area contributed by atoms with Crippen molar-refractivity contribution < 1.29 is 23.9 Å². The van der Waals surface area contributed by atoms with Gasteiger partial charge in [0.2, 0.25) is 0 Å². The molecule has 0 saturated carbocycles. The molecule has 0 aliphatic carbocycles. The van der Waals surface area contributed by atoms with Gasteiger partial charge >= 0.3 is 5.97 Å². The SMILES string of the molecule is COC(=O)c1c(C)c(C(=O)CN(C(=O)c2cccc(OC)c2)C(C)C)c(C)n1C. The quantitative estimate of drug-likeness (QED) is 0.527. The van der Waals surface area contributed by atoms with Gasteiger partial charge in [0.1, 0.15) is 11.4 Å². The predicted octanol–water partition coefficient (Wildman–Crippen LogP) is 3.17. The second-order valence-corrected chi connectivity index (χ2v) is 7.17. The van der Waals surface area contributed by atoms with E-state index >= 15 is 0 Å². The highest BCUT2D eigenvalue weighted by molar-refractivity contribution is 6.06. The highest BCUT2D eigenvalue weighted by atomic mass is 16.5. The van der Waals surface area contributed by atoms with Gasteiger partial charge in [-0.1, -0.05) is 6.07 Å². The van der Waals surface area contributed by atoms with Crippen molar-refractivity contribution in [2.45, 2.75) is 33.7 Å². The summed E-state index contributed by atoms with van der Waals surface area (Å²) >= 11 is 0. The van der Waals surface area contributed by atoms with Gasteiger partial charge in [-0.3, -0.25) is 9.59 Å². The molecule has 7 heteroatoms. The van der Waals surface area contributed by atoms with Crippen molar-refractivity contribution in [2.24, 2.45) is 7.05 Å². The summed E-state index contributed by atoms with van der Waals surface area (Å²) in [5.41, 5.74) is 2.44. The van der Waals surface area contributed by atoms with E-state index in [9.17, 15) is 14.4 Å². The van der Waals surface area contributed by atoms with Crippen LogP contribution in [0, 0.1) is 13.8 Å². The van der Waals surface area contributed by atoms with Crippen molar-refractivity contribution in [1.29, 1.82) is 0 Å². The summed E-state index contributed by atoms with van der Waals surface area (Å²) < 4.78 is 11.7. The first-order valence-electron chi connectivity index (χ1n) is 9.36. The Hall–Kier alpha value is -3.09. The monoisotopic (exact) mass is 400 g/mol. The molecule has 29 heavy (non-hydrogen) atoms. The minimum Gasteiger partial charge on any atom is -0.497 e. The van der Waals surface area contributed by atoms with Crippen LogP contribution >= 0.6 is 0 Å².